The van der Waals surface area contributed by atoms with Gasteiger partial charge in [-0.2, -0.15) is 0 Å². The minimum absolute atomic E-state index is 0.380. The highest BCUT2D eigenvalue weighted by Crippen LogP contribution is 2.43. The van der Waals surface area contributed by atoms with E-state index in [1.165, 1.54) is 18.4 Å². The summed E-state index contributed by atoms with van der Waals surface area (Å²) in [6, 6.07) is 1.98. The monoisotopic (exact) mass is 331 g/mol. The molecule has 3 nitrogen and oxygen atoms in total. The molecule has 6 heteroatoms. The lowest BCUT2D eigenvalue weighted by Gasteiger charge is -1.97. The number of ether oxygens (including phenoxy) is 1. The van der Waals surface area contributed by atoms with Crippen molar-refractivity contribution in [3.63, 3.8) is 0 Å². The molecule has 0 aliphatic rings. The maximum atomic E-state index is 11.6. The summed E-state index contributed by atoms with van der Waals surface area (Å²) in [5.41, 5.74) is 7.38. The standard InChI is InChI=1S/C11H10BrNO2S2/c1-5-7(13)10(11(14)15-2)17-8(5)9-6(12)3-4-16-9/h3-4H,13H2,1-2H3. The Kier molecular flexibility index (Phi) is 3.56. The summed E-state index contributed by atoms with van der Waals surface area (Å²) in [6.07, 6.45) is 0. The zero-order chi connectivity index (χ0) is 12.6. The van der Waals surface area contributed by atoms with Crippen LogP contribution in [0.1, 0.15) is 15.2 Å². The van der Waals surface area contributed by atoms with Crippen LogP contribution >= 0.6 is 38.6 Å². The highest BCUT2D eigenvalue weighted by Gasteiger charge is 2.21. The van der Waals surface area contributed by atoms with Crippen molar-refractivity contribution in [1.82, 2.24) is 0 Å². The molecular formula is C11H10BrNO2S2. The number of rotatable bonds is 2. The lowest BCUT2D eigenvalue weighted by atomic mass is 10.2. The molecule has 0 saturated carbocycles. The van der Waals surface area contributed by atoms with Crippen molar-refractivity contribution in [2.45, 2.75) is 6.92 Å². The van der Waals surface area contributed by atoms with Crippen molar-refractivity contribution in [2.75, 3.05) is 12.8 Å². The van der Waals surface area contributed by atoms with E-state index in [-0.39, 0.29) is 5.97 Å². The van der Waals surface area contributed by atoms with Crippen molar-refractivity contribution >= 4 is 50.3 Å². The first kappa shape index (κ1) is 12.6. The average molecular weight is 332 g/mol. The summed E-state index contributed by atoms with van der Waals surface area (Å²) >= 11 is 6.47. The van der Waals surface area contributed by atoms with E-state index < -0.39 is 0 Å². The van der Waals surface area contributed by atoms with E-state index in [1.54, 1.807) is 11.3 Å². The SMILES string of the molecule is COC(=O)c1sc(-c2sccc2Br)c(C)c1N. The molecule has 0 aliphatic carbocycles. The predicted molar refractivity (Wildman–Crippen MR) is 75.8 cm³/mol. The Morgan fingerprint density at radius 3 is 2.71 bits per heavy atom. The molecule has 2 aromatic rings. The minimum atomic E-state index is -0.380. The van der Waals surface area contributed by atoms with Crippen LogP contribution in [0.4, 0.5) is 5.69 Å². The van der Waals surface area contributed by atoms with Gasteiger partial charge in [0.15, 0.2) is 0 Å². The molecule has 2 rings (SSSR count). The Morgan fingerprint density at radius 1 is 1.47 bits per heavy atom. The number of thiophene rings is 2. The van der Waals surface area contributed by atoms with Gasteiger partial charge in [-0.15, -0.1) is 22.7 Å². The zero-order valence-electron chi connectivity index (χ0n) is 9.24. The first-order valence-corrected chi connectivity index (χ1v) is 7.25. The minimum Gasteiger partial charge on any atom is -0.465 e. The number of anilines is 1. The van der Waals surface area contributed by atoms with Crippen LogP contribution < -0.4 is 5.73 Å². The number of esters is 1. The van der Waals surface area contributed by atoms with E-state index >= 15 is 0 Å². The summed E-state index contributed by atoms with van der Waals surface area (Å²) in [4.78, 5) is 14.1. The number of nitrogens with two attached hydrogens (primary N) is 1. The van der Waals surface area contributed by atoms with Crippen LogP contribution in [0, 0.1) is 6.92 Å². The number of carbonyl (C=O) groups excluding carboxylic acids is 1. The highest BCUT2D eigenvalue weighted by molar-refractivity contribution is 9.10. The van der Waals surface area contributed by atoms with Gasteiger partial charge < -0.3 is 10.5 Å². The molecule has 2 aromatic heterocycles. The summed E-state index contributed by atoms with van der Waals surface area (Å²) in [7, 11) is 1.36. The molecule has 0 spiro atoms. The molecule has 0 bridgehead atoms. The number of nitrogen functional groups attached to an aromatic ring is 1. The van der Waals surface area contributed by atoms with Gasteiger partial charge in [-0.1, -0.05) is 0 Å². The Hall–Kier alpha value is -0.850. The summed E-state index contributed by atoms with van der Waals surface area (Å²) in [5, 5.41) is 1.99. The first-order chi connectivity index (χ1) is 8.06. The molecule has 2 N–H and O–H groups in total. The van der Waals surface area contributed by atoms with Gasteiger partial charge in [0, 0.05) is 4.47 Å². The second-order valence-electron chi connectivity index (χ2n) is 3.39. The number of hydrogen-bond donors (Lipinski definition) is 1. The Morgan fingerprint density at radius 2 is 2.18 bits per heavy atom. The van der Waals surface area contributed by atoms with Gasteiger partial charge in [-0.25, -0.2) is 4.79 Å². The van der Waals surface area contributed by atoms with Crippen molar-refractivity contribution in [2.24, 2.45) is 0 Å². The fraction of sp³-hybridized carbons (Fsp3) is 0.182. The van der Waals surface area contributed by atoms with Gasteiger partial charge in [-0.3, -0.25) is 0 Å². The molecule has 0 fully saturated rings. The van der Waals surface area contributed by atoms with E-state index in [1.807, 2.05) is 18.4 Å². The smallest absolute Gasteiger partial charge is 0.350 e. The van der Waals surface area contributed by atoms with Crippen LogP contribution in [0.25, 0.3) is 9.75 Å². The Bertz CT molecular complexity index is 574. The number of methoxy groups -OCH3 is 1. The van der Waals surface area contributed by atoms with Gasteiger partial charge in [-0.05, 0) is 39.9 Å². The number of hydrogen-bond acceptors (Lipinski definition) is 5. The second kappa shape index (κ2) is 4.80. The highest BCUT2D eigenvalue weighted by atomic mass is 79.9. The van der Waals surface area contributed by atoms with E-state index in [0.717, 1.165) is 19.8 Å². The van der Waals surface area contributed by atoms with Crippen LogP contribution in [0.3, 0.4) is 0 Å². The van der Waals surface area contributed by atoms with Gasteiger partial charge in [0.05, 0.1) is 22.6 Å². The topological polar surface area (TPSA) is 52.3 Å². The molecule has 0 radical (unpaired) electrons. The molecule has 0 atom stereocenters. The zero-order valence-corrected chi connectivity index (χ0v) is 12.5. The molecule has 17 heavy (non-hydrogen) atoms. The lowest BCUT2D eigenvalue weighted by Crippen LogP contribution is -2.01. The third-order valence-corrected chi connectivity index (χ3v) is 5.68. The fourth-order valence-corrected chi connectivity index (χ4v) is 4.51. The van der Waals surface area contributed by atoms with Crippen LogP contribution in [-0.4, -0.2) is 13.1 Å². The predicted octanol–water partition coefficient (Wildman–Crippen LogP) is 3.92. The van der Waals surface area contributed by atoms with Crippen LogP contribution in [0.2, 0.25) is 0 Å². The second-order valence-corrected chi connectivity index (χ2v) is 6.18. The molecule has 0 aliphatic heterocycles. The fourth-order valence-electron chi connectivity index (χ4n) is 1.44. The Labute approximate surface area is 115 Å². The molecular weight excluding hydrogens is 322 g/mol. The van der Waals surface area contributed by atoms with E-state index in [4.69, 9.17) is 10.5 Å². The van der Waals surface area contributed by atoms with E-state index in [2.05, 4.69) is 15.9 Å². The van der Waals surface area contributed by atoms with Crippen molar-refractivity contribution in [3.05, 3.63) is 26.4 Å². The third-order valence-electron chi connectivity index (χ3n) is 2.39. The van der Waals surface area contributed by atoms with Crippen molar-refractivity contribution in [3.8, 4) is 9.75 Å². The Balaban J connectivity index is 2.58. The van der Waals surface area contributed by atoms with Crippen molar-refractivity contribution in [1.29, 1.82) is 0 Å². The maximum Gasteiger partial charge on any atom is 0.350 e. The molecule has 2 heterocycles. The van der Waals surface area contributed by atoms with Gasteiger partial charge in [0.25, 0.3) is 0 Å². The summed E-state index contributed by atoms with van der Waals surface area (Å²) < 4.78 is 5.73. The summed E-state index contributed by atoms with van der Waals surface area (Å²) in [5.74, 6) is -0.380. The van der Waals surface area contributed by atoms with Gasteiger partial charge in [0.2, 0.25) is 0 Å². The van der Waals surface area contributed by atoms with Gasteiger partial charge >= 0.3 is 5.97 Å². The maximum absolute atomic E-state index is 11.6. The normalized spacial score (nSPS) is 10.5. The van der Waals surface area contributed by atoms with Crippen LogP contribution in [0.15, 0.2) is 15.9 Å². The van der Waals surface area contributed by atoms with Crippen molar-refractivity contribution < 1.29 is 9.53 Å². The molecule has 90 valence electrons. The lowest BCUT2D eigenvalue weighted by molar-refractivity contribution is 0.0607. The molecule has 0 unspecified atom stereocenters. The quantitative estimate of drug-likeness (QED) is 0.848. The molecule has 0 saturated heterocycles. The van der Waals surface area contributed by atoms with Gasteiger partial charge in [0.1, 0.15) is 4.88 Å². The average Bonchev–Trinajstić information content (AvgIpc) is 2.85. The third kappa shape index (κ3) is 2.12. The number of halogens is 1. The van der Waals surface area contributed by atoms with E-state index in [0.29, 0.717) is 10.6 Å². The summed E-state index contributed by atoms with van der Waals surface area (Å²) in [6.45, 7) is 1.92. The van der Waals surface area contributed by atoms with Crippen LogP contribution in [-0.2, 0) is 4.74 Å². The molecule has 0 amide bonds. The largest absolute Gasteiger partial charge is 0.465 e. The first-order valence-electron chi connectivity index (χ1n) is 4.76. The van der Waals surface area contributed by atoms with Crippen LogP contribution in [0.5, 0.6) is 0 Å². The molecule has 0 aromatic carbocycles. The number of carbonyl (C=O) groups is 1. The van der Waals surface area contributed by atoms with E-state index in [9.17, 15) is 4.79 Å².